The van der Waals surface area contributed by atoms with Crippen LogP contribution < -0.4 is 0 Å². The van der Waals surface area contributed by atoms with Crippen LogP contribution in [0.1, 0.15) is 40.0 Å². The predicted octanol–water partition coefficient (Wildman–Crippen LogP) is 2.20. The summed E-state index contributed by atoms with van der Waals surface area (Å²) in [4.78, 5) is 5.27. The van der Waals surface area contributed by atoms with Gasteiger partial charge in [-0.2, -0.15) is 0 Å². The van der Waals surface area contributed by atoms with Crippen LogP contribution in [0.3, 0.4) is 0 Å². The third kappa shape index (κ3) is 2.36. The molecule has 2 heteroatoms. The molecule has 1 spiro atoms. The molecule has 2 aliphatic rings. The first-order chi connectivity index (χ1) is 7.15. The van der Waals surface area contributed by atoms with E-state index in [-0.39, 0.29) is 0 Å². The summed E-state index contributed by atoms with van der Waals surface area (Å²) in [5.74, 6) is 0. The Labute approximate surface area is 94.6 Å². The van der Waals surface area contributed by atoms with Gasteiger partial charge in [-0.05, 0) is 64.7 Å². The molecule has 2 saturated heterocycles. The van der Waals surface area contributed by atoms with E-state index in [1.54, 1.807) is 0 Å². The molecule has 0 amide bonds. The number of hydrogen-bond donors (Lipinski definition) is 0. The molecule has 0 atom stereocenters. The summed E-state index contributed by atoms with van der Waals surface area (Å²) in [6.45, 7) is 13.6. The highest BCUT2D eigenvalue weighted by atomic mass is 15.2. The molecule has 2 rings (SSSR count). The van der Waals surface area contributed by atoms with Crippen molar-refractivity contribution in [3.8, 4) is 0 Å². The molecule has 0 bridgehead atoms. The first-order valence-electron chi connectivity index (χ1n) is 6.62. The summed E-state index contributed by atoms with van der Waals surface area (Å²) < 4.78 is 0. The highest BCUT2D eigenvalue weighted by Crippen LogP contribution is 2.40. The van der Waals surface area contributed by atoms with Crippen LogP contribution in [0.2, 0.25) is 0 Å². The fourth-order valence-electron chi connectivity index (χ4n) is 3.16. The molecule has 2 fully saturated rings. The minimum atomic E-state index is 0.690. The third-order valence-electron chi connectivity index (χ3n) is 4.56. The van der Waals surface area contributed by atoms with E-state index in [9.17, 15) is 0 Å². The molecule has 0 aromatic carbocycles. The number of piperidine rings is 1. The topological polar surface area (TPSA) is 6.48 Å². The quantitative estimate of drug-likeness (QED) is 0.689. The lowest BCUT2D eigenvalue weighted by Gasteiger charge is -2.39. The van der Waals surface area contributed by atoms with E-state index in [4.69, 9.17) is 0 Å². The van der Waals surface area contributed by atoms with Gasteiger partial charge in [0.1, 0.15) is 0 Å². The SMILES string of the molecule is CCN1CCC2(CC1)CCN(C(C)C)C2. The maximum Gasteiger partial charge on any atom is 0.00421 e. The first-order valence-corrected chi connectivity index (χ1v) is 6.62. The van der Waals surface area contributed by atoms with Crippen LogP contribution in [-0.4, -0.2) is 48.6 Å². The van der Waals surface area contributed by atoms with Crippen LogP contribution in [-0.2, 0) is 0 Å². The summed E-state index contributed by atoms with van der Waals surface area (Å²) in [6, 6.07) is 0.744. The van der Waals surface area contributed by atoms with Crippen molar-refractivity contribution in [3.63, 3.8) is 0 Å². The Morgan fingerprint density at radius 1 is 1.07 bits per heavy atom. The standard InChI is InChI=1S/C13H26N2/c1-4-14-8-5-13(6-9-14)7-10-15(11-13)12(2)3/h12H,4-11H2,1-3H3. The van der Waals surface area contributed by atoms with Crippen molar-refractivity contribution in [2.24, 2.45) is 5.41 Å². The second-order valence-electron chi connectivity index (χ2n) is 5.75. The van der Waals surface area contributed by atoms with Crippen LogP contribution in [0.15, 0.2) is 0 Å². The van der Waals surface area contributed by atoms with E-state index in [1.165, 1.54) is 52.0 Å². The zero-order valence-electron chi connectivity index (χ0n) is 10.6. The first kappa shape index (κ1) is 11.4. The van der Waals surface area contributed by atoms with E-state index in [1.807, 2.05) is 0 Å². The number of nitrogens with zero attached hydrogens (tertiary/aromatic N) is 2. The molecule has 15 heavy (non-hydrogen) atoms. The van der Waals surface area contributed by atoms with Crippen molar-refractivity contribution in [1.82, 2.24) is 9.80 Å². The lowest BCUT2D eigenvalue weighted by atomic mass is 9.78. The second-order valence-corrected chi connectivity index (χ2v) is 5.75. The Balaban J connectivity index is 1.89. The van der Waals surface area contributed by atoms with Gasteiger partial charge in [0.25, 0.3) is 0 Å². The summed E-state index contributed by atoms with van der Waals surface area (Å²) >= 11 is 0. The van der Waals surface area contributed by atoms with Crippen LogP contribution in [0.5, 0.6) is 0 Å². The Kier molecular flexibility index (Phi) is 3.36. The number of hydrogen-bond acceptors (Lipinski definition) is 2. The zero-order valence-corrected chi connectivity index (χ0v) is 10.6. The van der Waals surface area contributed by atoms with Crippen molar-refractivity contribution < 1.29 is 0 Å². The highest BCUT2D eigenvalue weighted by molar-refractivity contribution is 4.94. The van der Waals surface area contributed by atoms with Crippen molar-refractivity contribution in [2.45, 2.75) is 46.1 Å². The van der Waals surface area contributed by atoms with Gasteiger partial charge in [0.2, 0.25) is 0 Å². The lowest BCUT2D eigenvalue weighted by Crippen LogP contribution is -2.42. The fraction of sp³-hybridized carbons (Fsp3) is 1.00. The zero-order chi connectivity index (χ0) is 10.9. The summed E-state index contributed by atoms with van der Waals surface area (Å²) in [7, 11) is 0. The monoisotopic (exact) mass is 210 g/mol. The van der Waals surface area contributed by atoms with Crippen molar-refractivity contribution in [3.05, 3.63) is 0 Å². The van der Waals surface area contributed by atoms with Crippen molar-refractivity contribution in [2.75, 3.05) is 32.7 Å². The van der Waals surface area contributed by atoms with Gasteiger partial charge in [-0.3, -0.25) is 0 Å². The number of rotatable bonds is 2. The number of likely N-dealkylation sites (tertiary alicyclic amines) is 2. The van der Waals surface area contributed by atoms with Crippen LogP contribution in [0.25, 0.3) is 0 Å². The molecular formula is C13H26N2. The van der Waals surface area contributed by atoms with Gasteiger partial charge in [-0.25, -0.2) is 0 Å². The minimum Gasteiger partial charge on any atom is -0.304 e. The van der Waals surface area contributed by atoms with Gasteiger partial charge in [0, 0.05) is 12.6 Å². The Morgan fingerprint density at radius 2 is 1.67 bits per heavy atom. The molecule has 0 aliphatic carbocycles. The smallest absolute Gasteiger partial charge is 0.00421 e. The molecule has 0 radical (unpaired) electrons. The molecule has 2 nitrogen and oxygen atoms in total. The highest BCUT2D eigenvalue weighted by Gasteiger charge is 2.40. The van der Waals surface area contributed by atoms with Crippen LogP contribution >= 0.6 is 0 Å². The van der Waals surface area contributed by atoms with Crippen LogP contribution in [0.4, 0.5) is 0 Å². The van der Waals surface area contributed by atoms with Gasteiger partial charge in [-0.15, -0.1) is 0 Å². The van der Waals surface area contributed by atoms with Crippen LogP contribution in [0, 0.1) is 5.41 Å². The molecule has 2 aliphatic heterocycles. The average Bonchev–Trinajstić information content (AvgIpc) is 2.64. The Hall–Kier alpha value is -0.0800. The molecule has 0 N–H and O–H groups in total. The lowest BCUT2D eigenvalue weighted by molar-refractivity contribution is 0.107. The van der Waals surface area contributed by atoms with Gasteiger partial charge in [0.05, 0.1) is 0 Å². The maximum absolute atomic E-state index is 2.67. The minimum absolute atomic E-state index is 0.690. The molecular weight excluding hydrogens is 184 g/mol. The molecule has 2 heterocycles. The predicted molar refractivity (Wildman–Crippen MR) is 65.1 cm³/mol. The summed E-state index contributed by atoms with van der Waals surface area (Å²) in [6.07, 6.45) is 4.32. The summed E-state index contributed by atoms with van der Waals surface area (Å²) in [5.41, 5.74) is 0.690. The molecule has 88 valence electrons. The van der Waals surface area contributed by atoms with E-state index in [0.29, 0.717) is 5.41 Å². The van der Waals surface area contributed by atoms with E-state index in [0.717, 1.165) is 6.04 Å². The molecule has 0 unspecified atom stereocenters. The molecule has 0 aromatic rings. The van der Waals surface area contributed by atoms with Gasteiger partial charge in [0.15, 0.2) is 0 Å². The van der Waals surface area contributed by atoms with Gasteiger partial charge < -0.3 is 9.80 Å². The largest absolute Gasteiger partial charge is 0.304 e. The van der Waals surface area contributed by atoms with Gasteiger partial charge >= 0.3 is 0 Å². The van der Waals surface area contributed by atoms with E-state index in [2.05, 4.69) is 30.6 Å². The fourth-order valence-corrected chi connectivity index (χ4v) is 3.16. The van der Waals surface area contributed by atoms with E-state index < -0.39 is 0 Å². The van der Waals surface area contributed by atoms with Gasteiger partial charge in [-0.1, -0.05) is 6.92 Å². The van der Waals surface area contributed by atoms with E-state index >= 15 is 0 Å². The Morgan fingerprint density at radius 3 is 2.13 bits per heavy atom. The van der Waals surface area contributed by atoms with Crippen molar-refractivity contribution in [1.29, 1.82) is 0 Å². The van der Waals surface area contributed by atoms with Crippen molar-refractivity contribution >= 4 is 0 Å². The normalized spacial score (nSPS) is 28.0. The summed E-state index contributed by atoms with van der Waals surface area (Å²) in [5, 5.41) is 0. The second kappa shape index (κ2) is 4.42. The average molecular weight is 210 g/mol. The third-order valence-corrected chi connectivity index (χ3v) is 4.56. The Bertz CT molecular complexity index is 205. The molecule has 0 saturated carbocycles. The maximum atomic E-state index is 2.67. The molecule has 0 aromatic heterocycles.